The van der Waals surface area contributed by atoms with Gasteiger partial charge in [0, 0.05) is 44.7 Å². The SMILES string of the molecule is C[C@@]12CO[C@H](c3ccccc3)C[C@@H]1C[C@H](N1CCN(CC(c3ccccc3)c3ccccc3)CC1)C2. The lowest BCUT2D eigenvalue weighted by atomic mass is 9.75. The third-order valence-electron chi connectivity index (χ3n) is 9.30. The fourth-order valence-electron chi connectivity index (χ4n) is 7.10. The second-order valence-corrected chi connectivity index (χ2v) is 11.6. The average Bonchev–Trinajstić information content (AvgIpc) is 3.30. The van der Waals surface area contributed by atoms with Crippen molar-refractivity contribution in [3.8, 4) is 0 Å². The maximum atomic E-state index is 6.43. The van der Waals surface area contributed by atoms with E-state index >= 15 is 0 Å². The van der Waals surface area contributed by atoms with Crippen LogP contribution in [0, 0.1) is 11.3 Å². The molecule has 188 valence electrons. The minimum atomic E-state index is 0.271. The van der Waals surface area contributed by atoms with Gasteiger partial charge in [0.25, 0.3) is 0 Å². The first-order valence-electron chi connectivity index (χ1n) is 13.9. The van der Waals surface area contributed by atoms with Gasteiger partial charge in [-0.25, -0.2) is 0 Å². The van der Waals surface area contributed by atoms with Crippen molar-refractivity contribution < 1.29 is 4.74 Å². The first-order valence-corrected chi connectivity index (χ1v) is 13.9. The molecule has 0 spiro atoms. The summed E-state index contributed by atoms with van der Waals surface area (Å²) >= 11 is 0. The molecule has 3 heteroatoms. The van der Waals surface area contributed by atoms with E-state index in [1.165, 1.54) is 49.0 Å². The van der Waals surface area contributed by atoms with Crippen molar-refractivity contribution >= 4 is 0 Å². The Bertz CT molecular complexity index is 1060. The second-order valence-electron chi connectivity index (χ2n) is 11.6. The first kappa shape index (κ1) is 23.9. The van der Waals surface area contributed by atoms with Crippen molar-refractivity contribution in [1.82, 2.24) is 9.80 Å². The molecule has 1 aliphatic carbocycles. The number of hydrogen-bond donors (Lipinski definition) is 0. The highest BCUT2D eigenvalue weighted by Crippen LogP contribution is 2.53. The van der Waals surface area contributed by atoms with Crippen LogP contribution in [-0.4, -0.2) is 55.2 Å². The van der Waals surface area contributed by atoms with Crippen molar-refractivity contribution in [2.45, 2.75) is 44.2 Å². The highest BCUT2D eigenvalue weighted by atomic mass is 16.5. The zero-order valence-corrected chi connectivity index (χ0v) is 21.6. The molecular formula is C33H40N2O. The summed E-state index contributed by atoms with van der Waals surface area (Å²) in [5.41, 5.74) is 4.53. The van der Waals surface area contributed by atoms with Crippen LogP contribution in [0.2, 0.25) is 0 Å². The minimum absolute atomic E-state index is 0.271. The van der Waals surface area contributed by atoms with E-state index in [0.29, 0.717) is 17.4 Å². The molecule has 3 aromatic rings. The molecule has 3 aliphatic rings. The summed E-state index contributed by atoms with van der Waals surface area (Å²) in [4.78, 5) is 5.50. The number of fused-ring (bicyclic) bond motifs is 1. The van der Waals surface area contributed by atoms with Gasteiger partial charge in [-0.2, -0.15) is 0 Å². The Balaban J connectivity index is 1.07. The van der Waals surface area contributed by atoms with Crippen molar-refractivity contribution in [3.05, 3.63) is 108 Å². The van der Waals surface area contributed by atoms with Gasteiger partial charge >= 0.3 is 0 Å². The van der Waals surface area contributed by atoms with E-state index in [1.807, 2.05) is 0 Å². The van der Waals surface area contributed by atoms with Gasteiger partial charge in [-0.1, -0.05) is 97.9 Å². The molecule has 2 saturated heterocycles. The van der Waals surface area contributed by atoms with Crippen LogP contribution in [0.25, 0.3) is 0 Å². The van der Waals surface area contributed by atoms with Crippen LogP contribution < -0.4 is 0 Å². The lowest BCUT2D eigenvalue weighted by Gasteiger charge is -2.40. The van der Waals surface area contributed by atoms with Gasteiger partial charge in [0.1, 0.15) is 0 Å². The third kappa shape index (κ3) is 5.02. The number of hydrogen-bond acceptors (Lipinski definition) is 3. The van der Waals surface area contributed by atoms with Crippen LogP contribution in [0.1, 0.15) is 54.9 Å². The fourth-order valence-corrected chi connectivity index (χ4v) is 7.10. The monoisotopic (exact) mass is 480 g/mol. The normalized spacial score (nSPS) is 29.3. The quantitative estimate of drug-likeness (QED) is 0.407. The zero-order chi connectivity index (χ0) is 24.4. The van der Waals surface area contributed by atoms with Gasteiger partial charge in [-0.05, 0) is 47.3 Å². The van der Waals surface area contributed by atoms with Crippen LogP contribution in [0.5, 0.6) is 0 Å². The van der Waals surface area contributed by atoms with Crippen LogP contribution in [-0.2, 0) is 4.74 Å². The summed E-state index contributed by atoms with van der Waals surface area (Å²) in [6.45, 7) is 9.19. The molecule has 1 saturated carbocycles. The third-order valence-corrected chi connectivity index (χ3v) is 9.30. The highest BCUT2D eigenvalue weighted by molar-refractivity contribution is 5.33. The molecule has 0 unspecified atom stereocenters. The Labute approximate surface area is 217 Å². The molecule has 0 aromatic heterocycles. The summed E-state index contributed by atoms with van der Waals surface area (Å²) in [5, 5.41) is 0. The predicted octanol–water partition coefficient (Wildman–Crippen LogP) is 6.38. The summed E-state index contributed by atoms with van der Waals surface area (Å²) in [6.07, 6.45) is 4.07. The number of ether oxygens (including phenoxy) is 1. The van der Waals surface area contributed by atoms with Crippen molar-refractivity contribution in [2.24, 2.45) is 11.3 Å². The van der Waals surface area contributed by atoms with E-state index in [-0.39, 0.29) is 6.10 Å². The predicted molar refractivity (Wildman–Crippen MR) is 147 cm³/mol. The van der Waals surface area contributed by atoms with Gasteiger partial charge in [0.15, 0.2) is 0 Å². The molecule has 0 bridgehead atoms. The molecule has 0 amide bonds. The Morgan fingerprint density at radius 2 is 1.36 bits per heavy atom. The molecule has 36 heavy (non-hydrogen) atoms. The zero-order valence-electron chi connectivity index (χ0n) is 21.6. The Morgan fingerprint density at radius 1 is 0.778 bits per heavy atom. The van der Waals surface area contributed by atoms with Gasteiger partial charge in [0.2, 0.25) is 0 Å². The summed E-state index contributed by atoms with van der Waals surface area (Å²) in [6, 6.07) is 33.7. The van der Waals surface area contributed by atoms with Crippen LogP contribution in [0.3, 0.4) is 0 Å². The summed E-state index contributed by atoms with van der Waals surface area (Å²) < 4.78 is 6.43. The van der Waals surface area contributed by atoms with E-state index in [4.69, 9.17) is 4.74 Å². The van der Waals surface area contributed by atoms with E-state index in [1.54, 1.807) is 0 Å². The summed E-state index contributed by atoms with van der Waals surface area (Å²) in [5.74, 6) is 1.19. The molecule has 3 aromatic carbocycles. The Hall–Kier alpha value is -2.46. The Kier molecular flexibility index (Phi) is 6.97. The lowest BCUT2D eigenvalue weighted by molar-refractivity contribution is -0.0819. The largest absolute Gasteiger partial charge is 0.373 e. The number of nitrogens with zero attached hydrogens (tertiary/aromatic N) is 2. The molecular weight excluding hydrogens is 440 g/mol. The van der Waals surface area contributed by atoms with Gasteiger partial charge < -0.3 is 4.74 Å². The Morgan fingerprint density at radius 3 is 1.97 bits per heavy atom. The molecule has 2 heterocycles. The molecule has 0 radical (unpaired) electrons. The molecule has 0 N–H and O–H groups in total. The number of piperazine rings is 1. The molecule has 4 atom stereocenters. The fraction of sp³-hybridized carbons (Fsp3) is 0.455. The summed E-state index contributed by atoms with van der Waals surface area (Å²) in [7, 11) is 0. The van der Waals surface area contributed by atoms with Crippen LogP contribution in [0.15, 0.2) is 91.0 Å². The van der Waals surface area contributed by atoms with E-state index in [0.717, 1.165) is 32.2 Å². The maximum absolute atomic E-state index is 6.43. The van der Waals surface area contributed by atoms with E-state index in [9.17, 15) is 0 Å². The average molecular weight is 481 g/mol. The molecule has 3 nitrogen and oxygen atoms in total. The standard InChI is InChI=1S/C33H40N2O/c1-33-23-30(21-29(33)22-32(36-25-33)28-15-9-4-10-16-28)35-19-17-34(18-20-35)24-31(26-11-5-2-6-12-26)27-13-7-3-8-14-27/h2-16,29-32H,17-25H2,1H3/t29-,30-,32-,33+/m0/s1. The van der Waals surface area contributed by atoms with Gasteiger partial charge in [0.05, 0.1) is 12.7 Å². The maximum Gasteiger partial charge on any atom is 0.0828 e. The van der Waals surface area contributed by atoms with Crippen molar-refractivity contribution in [3.63, 3.8) is 0 Å². The molecule has 3 fully saturated rings. The molecule has 2 aliphatic heterocycles. The van der Waals surface area contributed by atoms with Crippen molar-refractivity contribution in [1.29, 1.82) is 0 Å². The topological polar surface area (TPSA) is 15.7 Å². The van der Waals surface area contributed by atoms with Crippen molar-refractivity contribution in [2.75, 3.05) is 39.3 Å². The highest BCUT2D eigenvalue weighted by Gasteiger charge is 2.49. The minimum Gasteiger partial charge on any atom is -0.373 e. The van der Waals surface area contributed by atoms with Gasteiger partial charge in [-0.15, -0.1) is 0 Å². The van der Waals surface area contributed by atoms with Crippen LogP contribution >= 0.6 is 0 Å². The number of benzene rings is 3. The molecule has 6 rings (SSSR count). The van der Waals surface area contributed by atoms with E-state index < -0.39 is 0 Å². The second kappa shape index (κ2) is 10.5. The lowest BCUT2D eigenvalue weighted by Crippen LogP contribution is -2.50. The first-order chi connectivity index (χ1) is 17.7. The van der Waals surface area contributed by atoms with E-state index in [2.05, 4.69) is 108 Å². The smallest absolute Gasteiger partial charge is 0.0828 e. The van der Waals surface area contributed by atoms with Crippen LogP contribution in [0.4, 0.5) is 0 Å². The number of rotatable bonds is 6. The van der Waals surface area contributed by atoms with Gasteiger partial charge in [-0.3, -0.25) is 9.80 Å².